The van der Waals surface area contributed by atoms with Crippen molar-refractivity contribution in [3.8, 4) is 0 Å². The Labute approximate surface area is 129 Å². The van der Waals surface area contributed by atoms with Crippen LogP contribution in [0.3, 0.4) is 0 Å². The molecule has 0 amide bonds. The average Bonchev–Trinajstić information content (AvgIpc) is 2.47. The molecule has 1 fully saturated rings. The number of carbonyl (C=O) groups is 1. The summed E-state index contributed by atoms with van der Waals surface area (Å²) in [7, 11) is -3.71. The molecule has 8 heteroatoms. The van der Waals surface area contributed by atoms with Crippen LogP contribution in [0.2, 0.25) is 0 Å². The SMILES string of the molecule is Nc1ccccc1S(=O)(=O)N1CCCCC1COCC(=O)O. The van der Waals surface area contributed by atoms with Gasteiger partial charge in [0.25, 0.3) is 0 Å². The molecular weight excluding hydrogens is 308 g/mol. The summed E-state index contributed by atoms with van der Waals surface area (Å²) >= 11 is 0. The van der Waals surface area contributed by atoms with Crippen molar-refractivity contribution in [2.75, 3.05) is 25.5 Å². The van der Waals surface area contributed by atoms with Crippen LogP contribution in [0.1, 0.15) is 19.3 Å². The molecule has 1 unspecified atom stereocenters. The summed E-state index contributed by atoms with van der Waals surface area (Å²) in [6.45, 7) is 0.0217. The van der Waals surface area contributed by atoms with Crippen molar-refractivity contribution in [2.24, 2.45) is 0 Å². The molecule has 1 aliphatic heterocycles. The standard InChI is InChI=1S/C14H20N2O5S/c15-12-6-1-2-7-13(12)22(19,20)16-8-4-3-5-11(16)9-21-10-14(17)18/h1-2,6-7,11H,3-5,8-10,15H2,(H,17,18). The zero-order valence-electron chi connectivity index (χ0n) is 12.1. The van der Waals surface area contributed by atoms with Crippen molar-refractivity contribution in [1.29, 1.82) is 0 Å². The number of nitrogens with two attached hydrogens (primary N) is 1. The Kier molecular flexibility index (Phi) is 5.38. The number of carboxylic acids is 1. The van der Waals surface area contributed by atoms with Crippen LogP contribution in [0, 0.1) is 0 Å². The van der Waals surface area contributed by atoms with Crippen molar-refractivity contribution in [2.45, 2.75) is 30.2 Å². The molecule has 2 rings (SSSR count). The Morgan fingerprint density at radius 3 is 2.77 bits per heavy atom. The molecule has 3 N–H and O–H groups in total. The number of benzene rings is 1. The van der Waals surface area contributed by atoms with Crippen LogP contribution >= 0.6 is 0 Å². The number of hydrogen-bond acceptors (Lipinski definition) is 5. The highest BCUT2D eigenvalue weighted by Gasteiger charge is 2.34. The number of nitrogens with zero attached hydrogens (tertiary/aromatic N) is 1. The fourth-order valence-corrected chi connectivity index (χ4v) is 4.38. The molecule has 22 heavy (non-hydrogen) atoms. The van der Waals surface area contributed by atoms with Gasteiger partial charge in [-0.1, -0.05) is 18.6 Å². The molecule has 0 radical (unpaired) electrons. The van der Waals surface area contributed by atoms with E-state index in [-0.39, 0.29) is 23.2 Å². The quantitative estimate of drug-likeness (QED) is 0.751. The van der Waals surface area contributed by atoms with E-state index in [1.807, 2.05) is 0 Å². The number of para-hydroxylation sites is 1. The second-order valence-corrected chi connectivity index (χ2v) is 7.07. The number of rotatable bonds is 6. The number of hydrogen-bond donors (Lipinski definition) is 2. The molecule has 0 bridgehead atoms. The molecule has 1 aromatic carbocycles. The first-order valence-electron chi connectivity index (χ1n) is 7.09. The van der Waals surface area contributed by atoms with E-state index in [4.69, 9.17) is 15.6 Å². The minimum atomic E-state index is -3.71. The molecule has 0 saturated carbocycles. The first-order chi connectivity index (χ1) is 10.4. The molecule has 7 nitrogen and oxygen atoms in total. The van der Waals surface area contributed by atoms with Gasteiger partial charge in [0.05, 0.1) is 12.3 Å². The molecule has 1 atom stereocenters. The van der Waals surface area contributed by atoms with E-state index in [2.05, 4.69) is 0 Å². The van der Waals surface area contributed by atoms with E-state index in [1.165, 1.54) is 10.4 Å². The van der Waals surface area contributed by atoms with E-state index in [0.717, 1.165) is 12.8 Å². The molecule has 0 spiro atoms. The minimum Gasteiger partial charge on any atom is -0.480 e. The molecule has 1 saturated heterocycles. The molecule has 1 aromatic rings. The van der Waals surface area contributed by atoms with E-state index < -0.39 is 22.6 Å². The van der Waals surface area contributed by atoms with E-state index in [1.54, 1.807) is 18.2 Å². The first-order valence-corrected chi connectivity index (χ1v) is 8.53. The third kappa shape index (κ3) is 3.76. The fourth-order valence-electron chi connectivity index (χ4n) is 2.58. The largest absolute Gasteiger partial charge is 0.480 e. The average molecular weight is 328 g/mol. The number of anilines is 1. The minimum absolute atomic E-state index is 0.0677. The van der Waals surface area contributed by atoms with Crippen molar-refractivity contribution in [3.63, 3.8) is 0 Å². The summed E-state index contributed by atoms with van der Waals surface area (Å²) < 4.78 is 32.0. The lowest BCUT2D eigenvalue weighted by molar-refractivity contribution is -0.142. The topological polar surface area (TPSA) is 110 Å². The molecule has 0 aromatic heterocycles. The highest BCUT2D eigenvalue weighted by atomic mass is 32.2. The summed E-state index contributed by atoms with van der Waals surface area (Å²) in [5.41, 5.74) is 5.99. The third-order valence-corrected chi connectivity index (χ3v) is 5.64. The zero-order valence-corrected chi connectivity index (χ0v) is 13.0. The van der Waals surface area contributed by atoms with Gasteiger partial charge in [0.1, 0.15) is 11.5 Å². The Balaban J connectivity index is 2.19. The van der Waals surface area contributed by atoms with Crippen LogP contribution in [-0.2, 0) is 19.6 Å². The predicted octanol–water partition coefficient (Wildman–Crippen LogP) is 0.913. The zero-order chi connectivity index (χ0) is 16.2. The second kappa shape index (κ2) is 7.08. The van der Waals surface area contributed by atoms with Crippen molar-refractivity contribution in [3.05, 3.63) is 24.3 Å². The summed E-state index contributed by atoms with van der Waals surface area (Å²) in [4.78, 5) is 10.6. The maximum Gasteiger partial charge on any atom is 0.329 e. The normalized spacial score (nSPS) is 19.9. The first kappa shape index (κ1) is 16.7. The van der Waals surface area contributed by atoms with Gasteiger partial charge in [-0.15, -0.1) is 0 Å². The third-order valence-electron chi connectivity index (χ3n) is 3.61. The lowest BCUT2D eigenvalue weighted by atomic mass is 10.1. The summed E-state index contributed by atoms with van der Waals surface area (Å²) in [6.07, 6.45) is 2.30. The Morgan fingerprint density at radius 1 is 1.36 bits per heavy atom. The molecule has 1 heterocycles. The Bertz CT molecular complexity index is 632. The maximum absolute atomic E-state index is 12.8. The molecule has 1 aliphatic rings. The highest BCUT2D eigenvalue weighted by Crippen LogP contribution is 2.28. The van der Waals surface area contributed by atoms with Crippen LogP contribution in [0.25, 0.3) is 0 Å². The van der Waals surface area contributed by atoms with Gasteiger partial charge in [0, 0.05) is 12.6 Å². The Morgan fingerprint density at radius 2 is 2.09 bits per heavy atom. The van der Waals surface area contributed by atoms with Crippen molar-refractivity contribution in [1.82, 2.24) is 4.31 Å². The number of ether oxygens (including phenoxy) is 1. The number of sulfonamides is 1. The summed E-state index contributed by atoms with van der Waals surface area (Å²) in [6, 6.07) is 5.97. The summed E-state index contributed by atoms with van der Waals surface area (Å²) in [5.74, 6) is -1.07. The number of carboxylic acid groups (broad SMARTS) is 1. The van der Waals surface area contributed by atoms with Gasteiger partial charge >= 0.3 is 5.97 Å². The van der Waals surface area contributed by atoms with Gasteiger partial charge in [0.15, 0.2) is 0 Å². The van der Waals surface area contributed by atoms with Crippen LogP contribution in [0.15, 0.2) is 29.2 Å². The van der Waals surface area contributed by atoms with Crippen molar-refractivity contribution >= 4 is 21.7 Å². The maximum atomic E-state index is 12.8. The van der Waals surface area contributed by atoms with Gasteiger partial charge < -0.3 is 15.6 Å². The molecule has 122 valence electrons. The lowest BCUT2D eigenvalue weighted by Gasteiger charge is -2.34. The fraction of sp³-hybridized carbons (Fsp3) is 0.500. The number of aliphatic carboxylic acids is 1. The van der Waals surface area contributed by atoms with Crippen LogP contribution < -0.4 is 5.73 Å². The number of nitrogen functional groups attached to an aromatic ring is 1. The van der Waals surface area contributed by atoms with E-state index >= 15 is 0 Å². The van der Waals surface area contributed by atoms with Gasteiger partial charge in [-0.2, -0.15) is 4.31 Å². The monoisotopic (exact) mass is 328 g/mol. The van der Waals surface area contributed by atoms with Gasteiger partial charge in [-0.05, 0) is 25.0 Å². The number of piperidine rings is 1. The van der Waals surface area contributed by atoms with Crippen LogP contribution in [0.5, 0.6) is 0 Å². The molecular formula is C14H20N2O5S. The van der Waals surface area contributed by atoms with Gasteiger partial charge in [-0.25, -0.2) is 13.2 Å². The van der Waals surface area contributed by atoms with E-state index in [0.29, 0.717) is 13.0 Å². The summed E-state index contributed by atoms with van der Waals surface area (Å²) in [5, 5.41) is 8.61. The second-order valence-electron chi connectivity index (χ2n) is 5.21. The van der Waals surface area contributed by atoms with Crippen LogP contribution in [0.4, 0.5) is 5.69 Å². The van der Waals surface area contributed by atoms with Crippen LogP contribution in [-0.4, -0.2) is 49.6 Å². The highest BCUT2D eigenvalue weighted by molar-refractivity contribution is 7.89. The Hall–Kier alpha value is -1.64. The lowest BCUT2D eigenvalue weighted by Crippen LogP contribution is -2.46. The predicted molar refractivity (Wildman–Crippen MR) is 80.8 cm³/mol. The van der Waals surface area contributed by atoms with Gasteiger partial charge in [-0.3, -0.25) is 0 Å². The van der Waals surface area contributed by atoms with Crippen molar-refractivity contribution < 1.29 is 23.1 Å². The smallest absolute Gasteiger partial charge is 0.329 e. The van der Waals surface area contributed by atoms with E-state index in [9.17, 15) is 13.2 Å². The molecule has 0 aliphatic carbocycles. The van der Waals surface area contributed by atoms with Gasteiger partial charge in [0.2, 0.25) is 10.0 Å².